The fraction of sp³-hybridized carbons (Fsp3) is 0.900. The predicted molar refractivity (Wildman–Crippen MR) is 55.3 cm³/mol. The molecular weight excluding hydrogens is 164 g/mol. The number of carbonyl (C=O) groups is 1. The van der Waals surface area contributed by atoms with Gasteiger partial charge in [0.2, 0.25) is 5.91 Å². The second-order valence-electron chi connectivity index (χ2n) is 4.27. The third-order valence-corrected chi connectivity index (χ3v) is 1.86. The van der Waals surface area contributed by atoms with Crippen LogP contribution in [0.3, 0.4) is 0 Å². The highest BCUT2D eigenvalue weighted by Gasteiger charge is 2.20. The summed E-state index contributed by atoms with van der Waals surface area (Å²) in [5.74, 6) is 0.536. The van der Waals surface area contributed by atoms with E-state index in [1.165, 1.54) is 0 Å². The molecule has 0 aromatic carbocycles. The van der Waals surface area contributed by atoms with Gasteiger partial charge in [-0.15, -0.1) is 0 Å². The average Bonchev–Trinajstić information content (AvgIpc) is 1.97. The van der Waals surface area contributed by atoms with Gasteiger partial charge in [0.15, 0.2) is 0 Å². The van der Waals surface area contributed by atoms with Gasteiger partial charge in [-0.3, -0.25) is 4.79 Å². The van der Waals surface area contributed by atoms with Crippen LogP contribution in [0.2, 0.25) is 0 Å². The van der Waals surface area contributed by atoms with Gasteiger partial charge in [-0.2, -0.15) is 0 Å². The van der Waals surface area contributed by atoms with Crippen LogP contribution in [-0.2, 0) is 4.79 Å². The van der Waals surface area contributed by atoms with E-state index in [2.05, 4.69) is 13.8 Å². The van der Waals surface area contributed by atoms with Crippen molar-refractivity contribution in [2.45, 2.75) is 46.7 Å². The van der Waals surface area contributed by atoms with Gasteiger partial charge in [0.1, 0.15) is 0 Å². The molecule has 0 saturated carbocycles. The van der Waals surface area contributed by atoms with E-state index in [4.69, 9.17) is 5.73 Å². The molecule has 0 unspecified atom stereocenters. The van der Waals surface area contributed by atoms with Gasteiger partial charge in [-0.1, -0.05) is 13.8 Å². The van der Waals surface area contributed by atoms with Crippen molar-refractivity contribution in [3.8, 4) is 0 Å². The third-order valence-electron chi connectivity index (χ3n) is 1.86. The number of hydrogen-bond donors (Lipinski definition) is 1. The van der Waals surface area contributed by atoms with Crippen LogP contribution in [-0.4, -0.2) is 29.4 Å². The van der Waals surface area contributed by atoms with Crippen molar-refractivity contribution in [2.75, 3.05) is 6.54 Å². The van der Waals surface area contributed by atoms with E-state index in [9.17, 15) is 4.79 Å². The molecule has 0 bridgehead atoms. The maximum absolute atomic E-state index is 11.6. The molecule has 0 aromatic heterocycles. The minimum Gasteiger partial charge on any atom is -0.339 e. The molecule has 13 heavy (non-hydrogen) atoms. The van der Waals surface area contributed by atoms with Crippen LogP contribution in [0.1, 0.15) is 34.6 Å². The van der Waals surface area contributed by atoms with Gasteiger partial charge >= 0.3 is 0 Å². The van der Waals surface area contributed by atoms with E-state index in [1.807, 2.05) is 18.7 Å². The first-order valence-corrected chi connectivity index (χ1v) is 4.92. The summed E-state index contributed by atoms with van der Waals surface area (Å²) in [6.07, 6.45) is 0. The van der Waals surface area contributed by atoms with E-state index < -0.39 is 0 Å². The van der Waals surface area contributed by atoms with Gasteiger partial charge in [-0.05, 0) is 26.7 Å². The molecule has 0 aliphatic carbocycles. The Morgan fingerprint density at radius 3 is 1.92 bits per heavy atom. The van der Waals surface area contributed by atoms with Crippen molar-refractivity contribution in [2.24, 2.45) is 11.7 Å². The summed E-state index contributed by atoms with van der Waals surface area (Å²) in [7, 11) is 0. The number of nitrogens with two attached hydrogens (primary N) is 1. The van der Waals surface area contributed by atoms with Crippen LogP contribution >= 0.6 is 0 Å². The maximum Gasteiger partial charge on any atom is 0.239 e. The van der Waals surface area contributed by atoms with E-state index in [1.54, 1.807) is 6.92 Å². The van der Waals surface area contributed by atoms with Crippen molar-refractivity contribution in [3.05, 3.63) is 0 Å². The van der Waals surface area contributed by atoms with Crippen molar-refractivity contribution in [1.29, 1.82) is 0 Å². The number of nitrogens with zero attached hydrogens (tertiary/aromatic N) is 1. The molecule has 0 aromatic rings. The van der Waals surface area contributed by atoms with Gasteiger partial charge in [0, 0.05) is 12.6 Å². The van der Waals surface area contributed by atoms with Gasteiger partial charge < -0.3 is 10.6 Å². The van der Waals surface area contributed by atoms with E-state index in [0.717, 1.165) is 6.54 Å². The number of amides is 1. The second-order valence-corrected chi connectivity index (χ2v) is 4.27. The Morgan fingerprint density at radius 2 is 1.69 bits per heavy atom. The predicted octanol–water partition coefficient (Wildman–Crippen LogP) is 1.23. The minimum absolute atomic E-state index is 0.0451. The molecule has 0 spiro atoms. The highest BCUT2D eigenvalue weighted by Crippen LogP contribution is 2.05. The summed E-state index contributed by atoms with van der Waals surface area (Å²) in [5, 5.41) is 0. The van der Waals surface area contributed by atoms with Crippen LogP contribution in [0.4, 0.5) is 0 Å². The molecule has 0 heterocycles. The van der Waals surface area contributed by atoms with E-state index in [-0.39, 0.29) is 18.0 Å². The standard InChI is InChI=1S/C10H22N2O/c1-7(2)6-12(8(3)4)10(13)9(5)11/h7-9H,6,11H2,1-5H3/t9-/m1/s1. The summed E-state index contributed by atoms with van der Waals surface area (Å²) in [6.45, 7) is 10.8. The minimum atomic E-state index is -0.388. The zero-order valence-corrected chi connectivity index (χ0v) is 9.37. The van der Waals surface area contributed by atoms with E-state index >= 15 is 0 Å². The molecular formula is C10H22N2O. The molecule has 3 nitrogen and oxygen atoms in total. The number of hydrogen-bond acceptors (Lipinski definition) is 2. The normalized spacial score (nSPS) is 13.5. The van der Waals surface area contributed by atoms with Crippen LogP contribution in [0, 0.1) is 5.92 Å². The van der Waals surface area contributed by atoms with Gasteiger partial charge in [-0.25, -0.2) is 0 Å². The number of carbonyl (C=O) groups excluding carboxylic acids is 1. The summed E-state index contributed by atoms with van der Waals surface area (Å²) in [4.78, 5) is 13.5. The van der Waals surface area contributed by atoms with Crippen LogP contribution in [0.25, 0.3) is 0 Å². The Balaban J connectivity index is 4.33. The van der Waals surface area contributed by atoms with Crippen molar-refractivity contribution < 1.29 is 4.79 Å². The largest absolute Gasteiger partial charge is 0.339 e. The van der Waals surface area contributed by atoms with Crippen LogP contribution < -0.4 is 5.73 Å². The molecule has 3 heteroatoms. The Kier molecular flexibility index (Phi) is 4.99. The molecule has 0 saturated heterocycles. The molecule has 0 rings (SSSR count). The zero-order valence-electron chi connectivity index (χ0n) is 9.37. The second kappa shape index (κ2) is 5.22. The fourth-order valence-electron chi connectivity index (χ4n) is 1.21. The third kappa shape index (κ3) is 4.27. The first-order chi connectivity index (χ1) is 5.86. The first kappa shape index (κ1) is 12.4. The van der Waals surface area contributed by atoms with Crippen molar-refractivity contribution >= 4 is 5.91 Å². The average molecular weight is 186 g/mol. The molecule has 0 aliphatic heterocycles. The molecule has 78 valence electrons. The molecule has 0 aliphatic rings. The Labute approximate surface area is 81.3 Å². The molecule has 2 N–H and O–H groups in total. The summed E-state index contributed by atoms with van der Waals surface area (Å²) in [6, 6.07) is -0.151. The summed E-state index contributed by atoms with van der Waals surface area (Å²) < 4.78 is 0. The lowest BCUT2D eigenvalue weighted by atomic mass is 10.1. The fourth-order valence-corrected chi connectivity index (χ4v) is 1.21. The Bertz CT molecular complexity index is 164. The van der Waals surface area contributed by atoms with Crippen molar-refractivity contribution in [3.63, 3.8) is 0 Å². The first-order valence-electron chi connectivity index (χ1n) is 4.92. The Morgan fingerprint density at radius 1 is 1.23 bits per heavy atom. The van der Waals surface area contributed by atoms with Crippen molar-refractivity contribution in [1.82, 2.24) is 4.90 Å². The quantitative estimate of drug-likeness (QED) is 0.717. The summed E-state index contributed by atoms with van der Waals surface area (Å²) >= 11 is 0. The number of rotatable bonds is 4. The van der Waals surface area contributed by atoms with E-state index in [0.29, 0.717) is 5.92 Å². The lowest BCUT2D eigenvalue weighted by molar-refractivity contribution is -0.134. The molecule has 1 atom stereocenters. The molecule has 0 fully saturated rings. The van der Waals surface area contributed by atoms with Gasteiger partial charge in [0.05, 0.1) is 6.04 Å². The van der Waals surface area contributed by atoms with Gasteiger partial charge in [0.25, 0.3) is 0 Å². The van der Waals surface area contributed by atoms with Crippen LogP contribution in [0.15, 0.2) is 0 Å². The highest BCUT2D eigenvalue weighted by molar-refractivity contribution is 5.81. The zero-order chi connectivity index (χ0) is 10.6. The SMILES string of the molecule is CC(C)CN(C(=O)[C@@H](C)N)C(C)C. The topological polar surface area (TPSA) is 46.3 Å². The lowest BCUT2D eigenvalue weighted by Crippen LogP contribution is -2.47. The summed E-state index contributed by atoms with van der Waals surface area (Å²) in [5.41, 5.74) is 5.56. The lowest BCUT2D eigenvalue weighted by Gasteiger charge is -2.29. The smallest absolute Gasteiger partial charge is 0.239 e. The maximum atomic E-state index is 11.6. The molecule has 1 amide bonds. The molecule has 0 radical (unpaired) electrons. The Hall–Kier alpha value is -0.570. The monoisotopic (exact) mass is 186 g/mol. The van der Waals surface area contributed by atoms with Crippen LogP contribution in [0.5, 0.6) is 0 Å². The highest BCUT2D eigenvalue weighted by atomic mass is 16.2.